The fraction of sp³-hybridized carbons (Fsp3) is 0.216. The maximum Gasteiger partial charge on any atom is 0.137 e. The third-order valence-electron chi connectivity index (χ3n) is 11.8. The van der Waals surface area contributed by atoms with E-state index in [0.29, 0.717) is 11.8 Å². The van der Waals surface area contributed by atoms with Crippen LogP contribution in [-0.4, -0.2) is 28.9 Å². The van der Waals surface area contributed by atoms with Crippen LogP contribution >= 0.6 is 0 Å². The Hall–Kier alpha value is -5.84. The largest absolute Gasteiger partial charge is 0.340 e. The molecule has 4 heteroatoms. The number of likely N-dealkylation sites (N-methyl/N-ethyl adjacent to an activating group) is 1. The molecule has 4 aromatic carbocycles. The van der Waals surface area contributed by atoms with Crippen LogP contribution in [0.5, 0.6) is 0 Å². The first kappa shape index (κ1) is 36.2. The van der Waals surface area contributed by atoms with Gasteiger partial charge in [-0.05, 0) is 94.5 Å². The van der Waals surface area contributed by atoms with Crippen molar-refractivity contribution in [2.24, 2.45) is 28.5 Å². The number of rotatable bonds is 8. The summed E-state index contributed by atoms with van der Waals surface area (Å²) < 4.78 is 0. The number of pyridine rings is 1. The molecule has 3 aliphatic carbocycles. The van der Waals surface area contributed by atoms with Crippen molar-refractivity contribution >= 4 is 39.3 Å². The summed E-state index contributed by atoms with van der Waals surface area (Å²) in [5.74, 6) is 1.66. The van der Waals surface area contributed by atoms with Crippen molar-refractivity contribution in [3.63, 3.8) is 0 Å². The second kappa shape index (κ2) is 15.5. The van der Waals surface area contributed by atoms with E-state index < -0.39 is 6.17 Å². The molecule has 0 saturated heterocycles. The molecule has 0 spiro atoms. The summed E-state index contributed by atoms with van der Waals surface area (Å²) in [6.07, 6.45) is 25.0. The van der Waals surface area contributed by atoms with Gasteiger partial charge in [0.2, 0.25) is 0 Å². The molecule has 0 radical (unpaired) electrons. The highest BCUT2D eigenvalue weighted by atomic mass is 15.2. The van der Waals surface area contributed by atoms with Crippen LogP contribution in [0, 0.1) is 17.8 Å². The van der Waals surface area contributed by atoms with Gasteiger partial charge in [0.05, 0.1) is 11.2 Å². The average Bonchev–Trinajstić information content (AvgIpc) is 3.48. The summed E-state index contributed by atoms with van der Waals surface area (Å²) in [5.41, 5.74) is 19.9. The van der Waals surface area contributed by atoms with Crippen LogP contribution in [0.2, 0.25) is 0 Å². The van der Waals surface area contributed by atoms with Gasteiger partial charge in [-0.25, -0.2) is 4.99 Å². The van der Waals surface area contributed by atoms with Crippen molar-refractivity contribution in [1.29, 1.82) is 0 Å². The van der Waals surface area contributed by atoms with E-state index in [1.807, 2.05) is 18.3 Å². The minimum atomic E-state index is -0.426. The molecule has 0 fully saturated rings. The number of aliphatic imine (C=N–C) groups is 1. The quantitative estimate of drug-likeness (QED) is 0.0987. The standard InChI is InChI=1S/C51H50N4/c1-6-16-46-41(7-2)47(30-37-17-9-12-23-45(37)46)34(4)54-51(36-27-25-35(26-28-36)40-29-39-19-10-15-24-49(39)53-32-40)55(5)50(52)48-31-38-18-8-11-22-44(38)42-20-13-14-21-43(48)33(42)3/h6,9-17,19-33,42-43,50H,4,7-8,18,52H2,1-3,5H3/b16-6-,54-51-. The molecule has 1 aromatic heterocycles. The van der Waals surface area contributed by atoms with Crippen LogP contribution in [0.4, 0.5) is 0 Å². The van der Waals surface area contributed by atoms with E-state index in [0.717, 1.165) is 64.0 Å². The highest BCUT2D eigenvalue weighted by molar-refractivity contribution is 6.03. The smallest absolute Gasteiger partial charge is 0.137 e. The van der Waals surface area contributed by atoms with Crippen LogP contribution in [0.1, 0.15) is 55.9 Å². The van der Waals surface area contributed by atoms with E-state index in [1.54, 1.807) is 0 Å². The molecular formula is C51H50N4. The van der Waals surface area contributed by atoms with E-state index in [4.69, 9.17) is 15.7 Å². The van der Waals surface area contributed by atoms with Crippen LogP contribution in [-0.2, 0) is 6.42 Å². The number of para-hydroxylation sites is 1. The van der Waals surface area contributed by atoms with E-state index in [9.17, 15) is 0 Å². The Morgan fingerprint density at radius 1 is 0.964 bits per heavy atom. The Morgan fingerprint density at radius 2 is 1.71 bits per heavy atom. The number of hydrogen-bond acceptors (Lipinski definition) is 3. The molecule has 4 unspecified atom stereocenters. The zero-order valence-corrected chi connectivity index (χ0v) is 32.4. The number of amidine groups is 1. The lowest BCUT2D eigenvalue weighted by Crippen LogP contribution is -2.47. The Morgan fingerprint density at radius 3 is 2.49 bits per heavy atom. The summed E-state index contributed by atoms with van der Waals surface area (Å²) in [4.78, 5) is 12.4. The van der Waals surface area contributed by atoms with Crippen molar-refractivity contribution in [2.45, 2.75) is 46.2 Å². The van der Waals surface area contributed by atoms with Crippen LogP contribution < -0.4 is 5.73 Å². The Bertz CT molecular complexity index is 2500. The molecule has 1 heterocycles. The number of aromatic nitrogens is 1. The normalized spacial score (nSPS) is 20.1. The highest BCUT2D eigenvalue weighted by Gasteiger charge is 2.36. The Labute approximate surface area is 326 Å². The summed E-state index contributed by atoms with van der Waals surface area (Å²) in [5, 5.41) is 3.53. The van der Waals surface area contributed by atoms with Gasteiger partial charge in [0.1, 0.15) is 12.0 Å². The van der Waals surface area contributed by atoms with Gasteiger partial charge in [-0.15, -0.1) is 0 Å². The number of fused-ring (bicyclic) bond motifs is 5. The van der Waals surface area contributed by atoms with E-state index in [1.165, 1.54) is 38.6 Å². The zero-order chi connectivity index (χ0) is 38.1. The monoisotopic (exact) mass is 718 g/mol. The molecule has 2 bridgehead atoms. The number of nitrogens with two attached hydrogens (primary N) is 1. The van der Waals surface area contributed by atoms with Crippen LogP contribution in [0.3, 0.4) is 0 Å². The van der Waals surface area contributed by atoms with Crippen LogP contribution in [0.25, 0.3) is 44.6 Å². The topological polar surface area (TPSA) is 54.5 Å². The average molecular weight is 719 g/mol. The van der Waals surface area contributed by atoms with Gasteiger partial charge in [0.25, 0.3) is 0 Å². The first-order chi connectivity index (χ1) is 26.9. The summed E-state index contributed by atoms with van der Waals surface area (Å²) in [6, 6.07) is 29.9. The molecule has 2 N–H and O–H groups in total. The predicted octanol–water partition coefficient (Wildman–Crippen LogP) is 11.9. The number of benzene rings is 4. The second-order valence-corrected chi connectivity index (χ2v) is 15.1. The minimum absolute atomic E-state index is 0.180. The van der Waals surface area contributed by atoms with Gasteiger partial charge < -0.3 is 10.6 Å². The molecule has 4 atom stereocenters. The van der Waals surface area contributed by atoms with Crippen molar-refractivity contribution in [3.8, 4) is 11.1 Å². The van der Waals surface area contributed by atoms with Gasteiger partial charge in [-0.1, -0.05) is 142 Å². The maximum absolute atomic E-state index is 7.49. The summed E-state index contributed by atoms with van der Waals surface area (Å²) in [6.45, 7) is 11.3. The first-order valence-corrected chi connectivity index (χ1v) is 19.7. The highest BCUT2D eigenvalue weighted by Crippen LogP contribution is 2.44. The van der Waals surface area contributed by atoms with E-state index >= 15 is 0 Å². The summed E-state index contributed by atoms with van der Waals surface area (Å²) in [7, 11) is 2.09. The van der Waals surface area contributed by atoms with Crippen molar-refractivity contribution in [3.05, 3.63) is 185 Å². The fourth-order valence-corrected chi connectivity index (χ4v) is 8.85. The lowest BCUT2D eigenvalue weighted by Gasteiger charge is -2.35. The molecule has 4 nitrogen and oxygen atoms in total. The molecule has 55 heavy (non-hydrogen) atoms. The molecular weight excluding hydrogens is 669 g/mol. The van der Waals surface area contributed by atoms with Gasteiger partial charge in [-0.2, -0.15) is 0 Å². The fourth-order valence-electron chi connectivity index (χ4n) is 8.85. The van der Waals surface area contributed by atoms with E-state index in [2.05, 4.69) is 167 Å². The third-order valence-corrected chi connectivity index (χ3v) is 11.8. The Kier molecular flexibility index (Phi) is 10.2. The molecule has 8 rings (SSSR count). The van der Waals surface area contributed by atoms with Gasteiger partial charge in [-0.3, -0.25) is 4.98 Å². The van der Waals surface area contributed by atoms with Gasteiger partial charge in [0.15, 0.2) is 0 Å². The second-order valence-electron chi connectivity index (χ2n) is 15.1. The maximum atomic E-state index is 7.49. The summed E-state index contributed by atoms with van der Waals surface area (Å²) >= 11 is 0. The SMILES string of the molecule is C=C(/N=C(/c1ccc(-c2cnc3ccccc3c2)cc1)N(C)C(N)C1=CC2=C(C=CCC2)C2C=CC=CC1C2C)c1cc2ccccc2c(/C=C\C)c1CC. The lowest BCUT2D eigenvalue weighted by molar-refractivity contribution is 0.345. The molecule has 5 aromatic rings. The molecule has 274 valence electrons. The third kappa shape index (κ3) is 6.88. The molecule has 3 aliphatic rings. The van der Waals surface area contributed by atoms with Crippen molar-refractivity contribution in [1.82, 2.24) is 9.88 Å². The van der Waals surface area contributed by atoms with E-state index in [-0.39, 0.29) is 5.92 Å². The van der Waals surface area contributed by atoms with Crippen LogP contribution in [0.15, 0.2) is 168 Å². The van der Waals surface area contributed by atoms with Gasteiger partial charge in [0, 0.05) is 47.2 Å². The number of allylic oxidation sites excluding steroid dienone is 10. The first-order valence-electron chi connectivity index (χ1n) is 19.7. The predicted molar refractivity (Wildman–Crippen MR) is 234 cm³/mol. The number of nitrogens with zero attached hydrogens (tertiary/aromatic N) is 3. The van der Waals surface area contributed by atoms with Gasteiger partial charge >= 0.3 is 0 Å². The van der Waals surface area contributed by atoms with Crippen molar-refractivity contribution in [2.75, 3.05) is 7.05 Å². The zero-order valence-electron chi connectivity index (χ0n) is 32.4. The lowest BCUT2D eigenvalue weighted by atomic mass is 9.76. The Balaban J connectivity index is 1.25. The minimum Gasteiger partial charge on any atom is -0.340 e. The molecule has 0 aliphatic heterocycles. The van der Waals surface area contributed by atoms with Crippen molar-refractivity contribution < 1.29 is 0 Å². The molecule has 0 amide bonds. The number of hydrogen-bond donors (Lipinski definition) is 1. The molecule has 0 saturated carbocycles.